The maximum Gasteiger partial charge on any atom is 0.257 e. The van der Waals surface area contributed by atoms with Crippen LogP contribution in [-0.2, 0) is 6.54 Å². The third-order valence-electron chi connectivity index (χ3n) is 4.17. The van der Waals surface area contributed by atoms with Gasteiger partial charge in [-0.25, -0.2) is 0 Å². The summed E-state index contributed by atoms with van der Waals surface area (Å²) in [6, 6.07) is 11.0. The first-order chi connectivity index (χ1) is 12.6. The molecule has 0 fully saturated rings. The molecule has 1 aromatic carbocycles. The normalized spacial score (nSPS) is 10.7. The van der Waals surface area contributed by atoms with E-state index in [0.717, 1.165) is 29.6 Å². The quantitative estimate of drug-likeness (QED) is 0.373. The number of azide groups is 1. The van der Waals surface area contributed by atoms with Crippen LogP contribution in [-0.4, -0.2) is 15.5 Å². The monoisotopic (exact) mass is 348 g/mol. The Morgan fingerprint density at radius 2 is 2.15 bits per heavy atom. The van der Waals surface area contributed by atoms with Crippen LogP contribution >= 0.6 is 0 Å². The van der Waals surface area contributed by atoms with Crippen LogP contribution < -0.4 is 5.32 Å². The van der Waals surface area contributed by atoms with Crippen molar-refractivity contribution in [2.45, 2.75) is 26.8 Å². The highest BCUT2D eigenvalue weighted by atomic mass is 16.1. The molecule has 26 heavy (non-hydrogen) atoms. The number of rotatable bonds is 6. The van der Waals surface area contributed by atoms with E-state index in [4.69, 9.17) is 5.53 Å². The van der Waals surface area contributed by atoms with Crippen LogP contribution in [0.1, 0.15) is 30.6 Å². The van der Waals surface area contributed by atoms with Gasteiger partial charge in [-0.3, -0.25) is 9.78 Å². The Kier molecular flexibility index (Phi) is 5.20. The minimum absolute atomic E-state index is 0.230. The highest BCUT2D eigenvalue weighted by Crippen LogP contribution is 2.25. The number of nitrogens with one attached hydrogen (secondary N) is 1. The van der Waals surface area contributed by atoms with Crippen molar-refractivity contribution < 1.29 is 4.79 Å². The van der Waals surface area contributed by atoms with E-state index in [1.54, 1.807) is 6.07 Å². The number of benzene rings is 1. The first-order valence-corrected chi connectivity index (χ1v) is 8.49. The third kappa shape index (κ3) is 3.84. The number of carbonyl (C=O) groups is 1. The summed E-state index contributed by atoms with van der Waals surface area (Å²) in [5, 5.41) is 7.34. The lowest BCUT2D eigenvalue weighted by molar-refractivity contribution is 0.102. The van der Waals surface area contributed by atoms with Gasteiger partial charge in [-0.15, -0.1) is 0 Å². The number of nitrogens with zero attached hydrogens (tertiary/aromatic N) is 5. The Balaban J connectivity index is 1.82. The maximum absolute atomic E-state index is 12.5. The van der Waals surface area contributed by atoms with Crippen molar-refractivity contribution in [2.24, 2.45) is 11.0 Å². The molecule has 0 aliphatic rings. The number of fused-ring (bicyclic) bond motifs is 1. The standard InChI is InChI=1S/C19H20N6O/c1-13(2)8-10-25-11-9-15-16(4-3-5-17(15)25)22-19(26)14-6-7-18(21-12-14)23-24-20/h3-7,9,11-13H,8,10H2,1-2H3,(H,22,26). The molecule has 0 radical (unpaired) electrons. The number of pyridine rings is 1. The van der Waals surface area contributed by atoms with Crippen LogP contribution in [0.25, 0.3) is 21.3 Å². The summed E-state index contributed by atoms with van der Waals surface area (Å²) in [4.78, 5) is 19.1. The van der Waals surface area contributed by atoms with Crippen molar-refractivity contribution in [1.82, 2.24) is 9.55 Å². The lowest BCUT2D eigenvalue weighted by Crippen LogP contribution is -2.12. The van der Waals surface area contributed by atoms with Crippen LogP contribution in [0.15, 0.2) is 53.9 Å². The average molecular weight is 348 g/mol. The number of amides is 1. The van der Waals surface area contributed by atoms with Gasteiger partial charge in [0.2, 0.25) is 0 Å². The molecule has 2 heterocycles. The average Bonchev–Trinajstić information content (AvgIpc) is 3.05. The molecule has 0 aliphatic carbocycles. The molecule has 2 aromatic heterocycles. The van der Waals surface area contributed by atoms with Gasteiger partial charge in [-0.05, 0) is 53.3 Å². The Labute approximate surface area is 151 Å². The smallest absolute Gasteiger partial charge is 0.257 e. The minimum Gasteiger partial charge on any atom is -0.347 e. The van der Waals surface area contributed by atoms with Crippen LogP contribution in [0.3, 0.4) is 0 Å². The summed E-state index contributed by atoms with van der Waals surface area (Å²) >= 11 is 0. The molecule has 1 amide bonds. The van der Waals surface area contributed by atoms with Crippen molar-refractivity contribution in [3.05, 3.63) is 64.8 Å². The van der Waals surface area contributed by atoms with E-state index < -0.39 is 0 Å². The van der Waals surface area contributed by atoms with Gasteiger partial charge in [0, 0.05) is 29.2 Å². The second kappa shape index (κ2) is 7.72. The zero-order valence-electron chi connectivity index (χ0n) is 14.8. The van der Waals surface area contributed by atoms with Gasteiger partial charge in [0.15, 0.2) is 0 Å². The van der Waals surface area contributed by atoms with Crippen molar-refractivity contribution in [3.63, 3.8) is 0 Å². The number of carbonyl (C=O) groups excluding carboxylic acids is 1. The van der Waals surface area contributed by atoms with Gasteiger partial charge >= 0.3 is 0 Å². The largest absolute Gasteiger partial charge is 0.347 e. The lowest BCUT2D eigenvalue weighted by Gasteiger charge is -2.10. The summed E-state index contributed by atoms with van der Waals surface area (Å²) in [7, 11) is 0. The minimum atomic E-state index is -0.257. The molecule has 0 atom stereocenters. The predicted octanol–water partition coefficient (Wildman–Crippen LogP) is 5.28. The van der Waals surface area contributed by atoms with Gasteiger partial charge in [-0.2, -0.15) is 0 Å². The van der Waals surface area contributed by atoms with Crippen molar-refractivity contribution in [2.75, 3.05) is 5.32 Å². The molecule has 0 unspecified atom stereocenters. The Bertz CT molecular complexity index is 967. The Hall–Kier alpha value is -3.31. The van der Waals surface area contributed by atoms with Crippen molar-refractivity contribution >= 4 is 28.3 Å². The van der Waals surface area contributed by atoms with Crippen LogP contribution in [0, 0.1) is 5.92 Å². The van der Waals surface area contributed by atoms with E-state index in [2.05, 4.69) is 51.0 Å². The molecule has 132 valence electrons. The molecular formula is C19H20N6O. The molecule has 0 aliphatic heterocycles. The van der Waals surface area contributed by atoms with E-state index in [0.29, 0.717) is 11.5 Å². The summed E-state index contributed by atoms with van der Waals surface area (Å²) < 4.78 is 2.21. The fourth-order valence-corrected chi connectivity index (χ4v) is 2.74. The number of hydrogen-bond donors (Lipinski definition) is 1. The Morgan fingerprint density at radius 3 is 2.85 bits per heavy atom. The van der Waals surface area contributed by atoms with E-state index in [1.165, 1.54) is 12.3 Å². The van der Waals surface area contributed by atoms with Gasteiger partial charge in [-0.1, -0.05) is 19.9 Å². The second-order valence-corrected chi connectivity index (χ2v) is 6.48. The fourth-order valence-electron chi connectivity index (χ4n) is 2.74. The summed E-state index contributed by atoms with van der Waals surface area (Å²) in [5.41, 5.74) is 10.7. The molecule has 0 saturated carbocycles. The fraction of sp³-hybridized carbons (Fsp3) is 0.263. The van der Waals surface area contributed by atoms with Crippen LogP contribution in [0.4, 0.5) is 11.5 Å². The molecule has 3 aromatic rings. The highest BCUT2D eigenvalue weighted by Gasteiger charge is 2.11. The topological polar surface area (TPSA) is 95.7 Å². The first-order valence-electron chi connectivity index (χ1n) is 8.49. The van der Waals surface area contributed by atoms with E-state index in [1.807, 2.05) is 18.2 Å². The second-order valence-electron chi connectivity index (χ2n) is 6.48. The van der Waals surface area contributed by atoms with Crippen molar-refractivity contribution in [1.29, 1.82) is 0 Å². The summed E-state index contributed by atoms with van der Waals surface area (Å²) in [6.07, 6.45) is 4.55. The van der Waals surface area contributed by atoms with Gasteiger partial charge in [0.1, 0.15) is 5.82 Å². The number of hydrogen-bond acceptors (Lipinski definition) is 3. The molecule has 7 heteroatoms. The SMILES string of the molecule is CC(C)CCn1ccc2c(NC(=O)c3ccc(N=[N+]=[N-])nc3)cccc21. The molecule has 0 spiro atoms. The third-order valence-corrected chi connectivity index (χ3v) is 4.17. The number of aromatic nitrogens is 2. The van der Waals surface area contributed by atoms with Gasteiger partial charge in [0.25, 0.3) is 5.91 Å². The highest BCUT2D eigenvalue weighted by molar-refractivity contribution is 6.08. The zero-order chi connectivity index (χ0) is 18.5. The molecule has 7 nitrogen and oxygen atoms in total. The number of anilines is 1. The molecule has 1 N–H and O–H groups in total. The lowest BCUT2D eigenvalue weighted by atomic mass is 10.1. The van der Waals surface area contributed by atoms with E-state index >= 15 is 0 Å². The summed E-state index contributed by atoms with van der Waals surface area (Å²) in [6.45, 7) is 5.36. The van der Waals surface area contributed by atoms with Gasteiger partial charge in [0.05, 0.1) is 16.8 Å². The van der Waals surface area contributed by atoms with E-state index in [-0.39, 0.29) is 11.7 Å². The molecule has 0 bridgehead atoms. The predicted molar refractivity (Wildman–Crippen MR) is 102 cm³/mol. The maximum atomic E-state index is 12.5. The zero-order valence-corrected chi connectivity index (χ0v) is 14.8. The number of aryl methyl sites for hydroxylation is 1. The van der Waals surface area contributed by atoms with Crippen molar-refractivity contribution in [3.8, 4) is 0 Å². The van der Waals surface area contributed by atoms with Crippen LogP contribution in [0.5, 0.6) is 0 Å². The van der Waals surface area contributed by atoms with Gasteiger partial charge < -0.3 is 9.88 Å². The summed E-state index contributed by atoms with van der Waals surface area (Å²) in [5.74, 6) is 0.608. The van der Waals surface area contributed by atoms with E-state index in [9.17, 15) is 4.79 Å². The molecule has 3 rings (SSSR count). The van der Waals surface area contributed by atoms with Crippen LogP contribution in [0.2, 0.25) is 0 Å². The Morgan fingerprint density at radius 1 is 1.31 bits per heavy atom. The first kappa shape index (κ1) is 17.5. The molecular weight excluding hydrogens is 328 g/mol. The molecule has 0 saturated heterocycles.